The van der Waals surface area contributed by atoms with Crippen LogP contribution in [0.3, 0.4) is 0 Å². The number of halogens is 2. The first-order valence-corrected chi connectivity index (χ1v) is 10.1. The number of rotatable bonds is 4. The number of fused-ring (bicyclic) bond motifs is 3. The standard InChI is InChI=1S/C21H23BrFNO3/c1-3-26-18-10-12(9-16(22)21(18)25-2)19-14-5-4-8-27-20(14)15-11-13(23)6-7-17(15)24-19/h6-7,9-11,14,19-20,24H,3-5,8H2,1-2H3/t14-,19-,20-/m0/s1. The molecular weight excluding hydrogens is 413 g/mol. The molecule has 144 valence electrons. The predicted molar refractivity (Wildman–Crippen MR) is 106 cm³/mol. The smallest absolute Gasteiger partial charge is 0.174 e. The first kappa shape index (κ1) is 18.6. The molecule has 6 heteroatoms. The van der Waals surface area contributed by atoms with Crippen LogP contribution < -0.4 is 14.8 Å². The van der Waals surface area contributed by atoms with E-state index in [1.165, 1.54) is 6.07 Å². The minimum atomic E-state index is -0.229. The molecule has 1 saturated heterocycles. The zero-order chi connectivity index (χ0) is 19.0. The van der Waals surface area contributed by atoms with E-state index in [9.17, 15) is 4.39 Å². The van der Waals surface area contributed by atoms with Gasteiger partial charge in [-0.2, -0.15) is 0 Å². The maximum absolute atomic E-state index is 13.8. The summed E-state index contributed by atoms with van der Waals surface area (Å²) in [4.78, 5) is 0. The number of hydrogen-bond acceptors (Lipinski definition) is 4. The number of hydrogen-bond donors (Lipinski definition) is 1. The highest BCUT2D eigenvalue weighted by Crippen LogP contribution is 2.50. The number of methoxy groups -OCH3 is 1. The molecule has 2 heterocycles. The molecule has 3 atom stereocenters. The minimum absolute atomic E-state index is 0.0506. The lowest BCUT2D eigenvalue weighted by atomic mass is 9.77. The molecule has 1 fully saturated rings. The highest BCUT2D eigenvalue weighted by Gasteiger charge is 2.40. The third-order valence-electron chi connectivity index (χ3n) is 5.32. The van der Waals surface area contributed by atoms with Gasteiger partial charge in [0.15, 0.2) is 11.5 Å². The van der Waals surface area contributed by atoms with E-state index in [1.54, 1.807) is 19.2 Å². The molecule has 0 unspecified atom stereocenters. The van der Waals surface area contributed by atoms with Crippen molar-refractivity contribution in [3.63, 3.8) is 0 Å². The van der Waals surface area contributed by atoms with Gasteiger partial charge in [0.25, 0.3) is 0 Å². The quantitative estimate of drug-likeness (QED) is 0.675. The number of nitrogens with one attached hydrogen (secondary N) is 1. The van der Waals surface area contributed by atoms with Crippen LogP contribution >= 0.6 is 15.9 Å². The van der Waals surface area contributed by atoms with E-state index in [2.05, 4.69) is 27.3 Å². The van der Waals surface area contributed by atoms with Gasteiger partial charge in [0.2, 0.25) is 0 Å². The Balaban J connectivity index is 1.78. The van der Waals surface area contributed by atoms with Gasteiger partial charge in [-0.1, -0.05) is 0 Å². The van der Waals surface area contributed by atoms with Gasteiger partial charge < -0.3 is 19.5 Å². The van der Waals surface area contributed by atoms with Crippen LogP contribution in [0.15, 0.2) is 34.8 Å². The zero-order valence-corrected chi connectivity index (χ0v) is 17.0. The van der Waals surface area contributed by atoms with Crippen LogP contribution in [0.1, 0.15) is 43.0 Å². The van der Waals surface area contributed by atoms with Crippen LogP contribution in [0, 0.1) is 11.7 Å². The third kappa shape index (κ3) is 3.41. The molecular formula is C21H23BrFNO3. The van der Waals surface area contributed by atoms with Gasteiger partial charge in [0, 0.05) is 23.8 Å². The van der Waals surface area contributed by atoms with Crippen molar-refractivity contribution in [1.82, 2.24) is 0 Å². The lowest BCUT2D eigenvalue weighted by Crippen LogP contribution is -2.36. The number of ether oxygens (including phenoxy) is 3. The van der Waals surface area contributed by atoms with E-state index in [0.29, 0.717) is 24.7 Å². The summed E-state index contributed by atoms with van der Waals surface area (Å²) in [6, 6.07) is 9.03. The fraction of sp³-hybridized carbons (Fsp3) is 0.429. The Hall–Kier alpha value is -1.79. The fourth-order valence-corrected chi connectivity index (χ4v) is 4.82. The van der Waals surface area contributed by atoms with Crippen molar-refractivity contribution in [2.45, 2.75) is 31.9 Å². The SMILES string of the molecule is CCOc1cc([C@@H]2Nc3ccc(F)cc3[C@H]3OCCC[C@H]32)cc(Br)c1OC. The Morgan fingerprint density at radius 1 is 1.30 bits per heavy atom. The van der Waals surface area contributed by atoms with Gasteiger partial charge in [-0.15, -0.1) is 0 Å². The normalized spacial score (nSPS) is 23.8. The second-order valence-electron chi connectivity index (χ2n) is 6.92. The van der Waals surface area contributed by atoms with Crippen molar-refractivity contribution in [3.8, 4) is 11.5 Å². The Labute approximate surface area is 167 Å². The van der Waals surface area contributed by atoms with Crippen molar-refractivity contribution in [2.75, 3.05) is 25.6 Å². The summed E-state index contributed by atoms with van der Waals surface area (Å²) in [6.07, 6.45) is 1.91. The first-order chi connectivity index (χ1) is 13.1. The molecule has 2 aliphatic heterocycles. The summed E-state index contributed by atoms with van der Waals surface area (Å²) in [6.45, 7) is 3.22. The lowest BCUT2D eigenvalue weighted by Gasteiger charge is -2.43. The molecule has 0 amide bonds. The zero-order valence-electron chi connectivity index (χ0n) is 15.4. The maximum atomic E-state index is 13.8. The van der Waals surface area contributed by atoms with Gasteiger partial charge in [0.05, 0.1) is 30.3 Å². The Morgan fingerprint density at radius 2 is 2.15 bits per heavy atom. The topological polar surface area (TPSA) is 39.7 Å². The fourth-order valence-electron chi connectivity index (χ4n) is 4.20. The summed E-state index contributed by atoms with van der Waals surface area (Å²) in [5.41, 5.74) is 2.93. The number of benzene rings is 2. The van der Waals surface area contributed by atoms with Crippen LogP contribution in [0.2, 0.25) is 0 Å². The molecule has 4 nitrogen and oxygen atoms in total. The van der Waals surface area contributed by atoms with Crippen LogP contribution in [-0.2, 0) is 4.74 Å². The van der Waals surface area contributed by atoms with Gasteiger partial charge in [0.1, 0.15) is 5.82 Å². The van der Waals surface area contributed by atoms with Crippen molar-refractivity contribution in [2.24, 2.45) is 5.92 Å². The highest BCUT2D eigenvalue weighted by molar-refractivity contribution is 9.10. The summed E-state index contributed by atoms with van der Waals surface area (Å²) < 4.78 is 32.1. The largest absolute Gasteiger partial charge is 0.492 e. The highest BCUT2D eigenvalue weighted by atomic mass is 79.9. The summed E-state index contributed by atoms with van der Waals surface area (Å²) in [5.74, 6) is 1.40. The molecule has 0 saturated carbocycles. The average molecular weight is 436 g/mol. The summed E-state index contributed by atoms with van der Waals surface area (Å²) >= 11 is 3.61. The van der Waals surface area contributed by atoms with Crippen molar-refractivity contribution >= 4 is 21.6 Å². The molecule has 1 N–H and O–H groups in total. The predicted octanol–water partition coefficient (Wildman–Crippen LogP) is 5.63. The molecule has 0 spiro atoms. The Kier molecular flexibility index (Phi) is 5.28. The van der Waals surface area contributed by atoms with E-state index in [-0.39, 0.29) is 23.9 Å². The minimum Gasteiger partial charge on any atom is -0.492 e. The molecule has 27 heavy (non-hydrogen) atoms. The second kappa shape index (κ2) is 7.68. The van der Waals surface area contributed by atoms with Gasteiger partial charge in [-0.05, 0) is 71.6 Å². The Morgan fingerprint density at radius 3 is 2.93 bits per heavy atom. The molecule has 4 rings (SSSR count). The van der Waals surface area contributed by atoms with Crippen molar-refractivity contribution < 1.29 is 18.6 Å². The van der Waals surface area contributed by atoms with E-state index >= 15 is 0 Å². The summed E-state index contributed by atoms with van der Waals surface area (Å²) in [5, 5.41) is 3.61. The van der Waals surface area contributed by atoms with Gasteiger partial charge in [-0.25, -0.2) is 4.39 Å². The maximum Gasteiger partial charge on any atom is 0.174 e. The van der Waals surface area contributed by atoms with E-state index in [4.69, 9.17) is 14.2 Å². The Bertz CT molecular complexity index is 844. The van der Waals surface area contributed by atoms with Gasteiger partial charge in [-0.3, -0.25) is 0 Å². The van der Waals surface area contributed by atoms with E-state index < -0.39 is 0 Å². The molecule has 2 aromatic rings. The molecule has 0 bridgehead atoms. The van der Waals surface area contributed by atoms with Gasteiger partial charge >= 0.3 is 0 Å². The van der Waals surface area contributed by atoms with Crippen LogP contribution in [-0.4, -0.2) is 20.3 Å². The van der Waals surface area contributed by atoms with E-state index in [0.717, 1.165) is 34.1 Å². The monoisotopic (exact) mass is 435 g/mol. The summed E-state index contributed by atoms with van der Waals surface area (Å²) in [7, 11) is 1.64. The molecule has 0 aromatic heterocycles. The first-order valence-electron chi connectivity index (χ1n) is 9.30. The molecule has 2 aliphatic rings. The molecule has 0 aliphatic carbocycles. The van der Waals surface area contributed by atoms with Crippen LogP contribution in [0.5, 0.6) is 11.5 Å². The lowest BCUT2D eigenvalue weighted by molar-refractivity contribution is -0.0383. The third-order valence-corrected chi connectivity index (χ3v) is 5.91. The van der Waals surface area contributed by atoms with E-state index in [1.807, 2.05) is 13.0 Å². The average Bonchev–Trinajstić information content (AvgIpc) is 2.67. The van der Waals surface area contributed by atoms with Crippen molar-refractivity contribution in [1.29, 1.82) is 0 Å². The van der Waals surface area contributed by atoms with Crippen LogP contribution in [0.25, 0.3) is 0 Å². The molecule has 2 aromatic carbocycles. The van der Waals surface area contributed by atoms with Crippen LogP contribution in [0.4, 0.5) is 10.1 Å². The molecule has 0 radical (unpaired) electrons. The van der Waals surface area contributed by atoms with Crippen molar-refractivity contribution in [3.05, 3.63) is 51.7 Å². The number of anilines is 1. The second-order valence-corrected chi connectivity index (χ2v) is 7.77.